The average molecular weight is 389 g/mol. The van der Waals surface area contributed by atoms with Gasteiger partial charge in [0.25, 0.3) is 0 Å². The number of carbonyl (C=O) groups excluding carboxylic acids is 1. The lowest BCUT2D eigenvalue weighted by atomic mass is 10.1. The molecular formula is C15H21BrN2O3S. The smallest absolute Gasteiger partial charge is 0.224 e. The van der Waals surface area contributed by atoms with Crippen molar-refractivity contribution in [2.75, 3.05) is 19.6 Å². The molecule has 0 saturated carbocycles. The van der Waals surface area contributed by atoms with Crippen LogP contribution in [0.25, 0.3) is 0 Å². The third-order valence-electron chi connectivity index (χ3n) is 3.97. The van der Waals surface area contributed by atoms with E-state index in [0.29, 0.717) is 6.54 Å². The molecule has 0 radical (unpaired) electrons. The van der Waals surface area contributed by atoms with Crippen molar-refractivity contribution < 1.29 is 13.2 Å². The lowest BCUT2D eigenvalue weighted by Crippen LogP contribution is -2.46. The molecule has 1 heterocycles. The highest BCUT2D eigenvalue weighted by atomic mass is 79.9. The second kappa shape index (κ2) is 6.68. The predicted molar refractivity (Wildman–Crippen MR) is 89.4 cm³/mol. The van der Waals surface area contributed by atoms with Crippen molar-refractivity contribution in [3.63, 3.8) is 0 Å². The van der Waals surface area contributed by atoms with Crippen LogP contribution in [0.4, 0.5) is 0 Å². The highest BCUT2D eigenvalue weighted by Gasteiger charge is 2.36. The minimum Gasteiger partial charge on any atom is -0.354 e. The molecule has 2 rings (SSSR count). The highest BCUT2D eigenvalue weighted by Crippen LogP contribution is 2.26. The minimum absolute atomic E-state index is 0.0637. The normalized spacial score (nSPS) is 19.1. The van der Waals surface area contributed by atoms with Gasteiger partial charge in [0.15, 0.2) is 9.84 Å². The minimum atomic E-state index is -3.53. The molecule has 0 spiro atoms. The Hall–Kier alpha value is -0.920. The van der Waals surface area contributed by atoms with E-state index in [2.05, 4.69) is 26.6 Å². The molecule has 7 heteroatoms. The van der Waals surface area contributed by atoms with Crippen LogP contribution in [0.15, 0.2) is 33.6 Å². The number of carbonyl (C=O) groups is 1. The van der Waals surface area contributed by atoms with Gasteiger partial charge in [0, 0.05) is 17.6 Å². The molecule has 1 unspecified atom stereocenters. The first-order chi connectivity index (χ1) is 10.2. The molecule has 0 bridgehead atoms. The molecule has 1 aliphatic rings. The number of rotatable bonds is 5. The Bertz CT molecular complexity index is 635. The van der Waals surface area contributed by atoms with Crippen LogP contribution in [-0.4, -0.2) is 38.7 Å². The van der Waals surface area contributed by atoms with E-state index >= 15 is 0 Å². The fourth-order valence-corrected chi connectivity index (χ4v) is 4.01. The van der Waals surface area contributed by atoms with Gasteiger partial charge in [-0.1, -0.05) is 15.9 Å². The zero-order valence-corrected chi connectivity index (χ0v) is 15.1. The summed E-state index contributed by atoms with van der Waals surface area (Å²) in [6, 6.07) is 6.55. The molecule has 5 nitrogen and oxygen atoms in total. The number of sulfone groups is 1. The predicted octanol–water partition coefficient (Wildman–Crippen LogP) is 1.73. The summed E-state index contributed by atoms with van der Waals surface area (Å²) < 4.78 is 25.2. The Labute approximate surface area is 139 Å². The maximum Gasteiger partial charge on any atom is 0.224 e. The molecule has 2 N–H and O–H groups in total. The Kier molecular flexibility index (Phi) is 5.29. The molecule has 0 aromatic heterocycles. The van der Waals surface area contributed by atoms with Gasteiger partial charge in [-0.15, -0.1) is 0 Å². The molecule has 122 valence electrons. The zero-order chi connectivity index (χ0) is 16.4. The molecule has 22 heavy (non-hydrogen) atoms. The molecule has 1 saturated heterocycles. The van der Waals surface area contributed by atoms with E-state index in [-0.39, 0.29) is 23.3 Å². The molecule has 1 atom stereocenters. The van der Waals surface area contributed by atoms with E-state index in [9.17, 15) is 13.2 Å². The summed E-state index contributed by atoms with van der Waals surface area (Å²) in [5, 5.41) is 5.91. The van der Waals surface area contributed by atoms with Crippen molar-refractivity contribution >= 4 is 31.7 Å². The fraction of sp³-hybridized carbons (Fsp3) is 0.533. The molecule has 0 aliphatic carbocycles. The maximum atomic E-state index is 12.7. The van der Waals surface area contributed by atoms with Crippen molar-refractivity contribution in [2.24, 2.45) is 5.92 Å². The maximum absolute atomic E-state index is 12.7. The molecular weight excluding hydrogens is 368 g/mol. The third-order valence-corrected chi connectivity index (χ3v) is 6.99. The van der Waals surface area contributed by atoms with E-state index < -0.39 is 14.6 Å². The number of hydrogen-bond acceptors (Lipinski definition) is 4. The van der Waals surface area contributed by atoms with Gasteiger partial charge < -0.3 is 10.6 Å². The fourth-order valence-electron chi connectivity index (χ4n) is 2.35. The van der Waals surface area contributed by atoms with Crippen molar-refractivity contribution in [1.82, 2.24) is 10.6 Å². The van der Waals surface area contributed by atoms with Crippen molar-refractivity contribution in [1.29, 1.82) is 0 Å². The van der Waals surface area contributed by atoms with E-state index in [0.717, 1.165) is 17.4 Å². The van der Waals surface area contributed by atoms with Gasteiger partial charge in [0.1, 0.15) is 0 Å². The van der Waals surface area contributed by atoms with Crippen LogP contribution >= 0.6 is 15.9 Å². The summed E-state index contributed by atoms with van der Waals surface area (Å²) in [5.74, 6) is -0.143. The van der Waals surface area contributed by atoms with Crippen molar-refractivity contribution in [2.45, 2.75) is 29.9 Å². The van der Waals surface area contributed by atoms with Gasteiger partial charge in [0.05, 0.1) is 15.6 Å². The van der Waals surface area contributed by atoms with Crippen LogP contribution in [-0.2, 0) is 14.6 Å². The van der Waals surface area contributed by atoms with Gasteiger partial charge >= 0.3 is 0 Å². The summed E-state index contributed by atoms with van der Waals surface area (Å²) in [6.45, 7) is 4.86. The SMILES string of the molecule is CC(C)(CNC(=O)C1CCNC1)S(=O)(=O)c1ccc(Br)cc1. The average Bonchev–Trinajstić information content (AvgIpc) is 2.99. The molecule has 1 aromatic carbocycles. The number of nitrogens with one attached hydrogen (secondary N) is 2. The Morgan fingerprint density at radius 3 is 2.55 bits per heavy atom. The van der Waals surface area contributed by atoms with E-state index in [4.69, 9.17) is 0 Å². The highest BCUT2D eigenvalue weighted by molar-refractivity contribution is 9.10. The van der Waals surface area contributed by atoms with Crippen LogP contribution in [0.2, 0.25) is 0 Å². The quantitative estimate of drug-likeness (QED) is 0.805. The van der Waals surface area contributed by atoms with E-state index in [1.165, 1.54) is 0 Å². The first kappa shape index (κ1) is 17.4. The third kappa shape index (κ3) is 3.70. The van der Waals surface area contributed by atoms with Crippen LogP contribution in [0, 0.1) is 5.92 Å². The number of benzene rings is 1. The standard InChI is InChI=1S/C15H21BrN2O3S/c1-15(2,10-18-14(19)11-7-8-17-9-11)22(20,21)13-5-3-12(16)4-6-13/h3-6,11,17H,7-10H2,1-2H3,(H,18,19). The second-order valence-corrected chi connectivity index (χ2v) is 9.62. The van der Waals surface area contributed by atoms with Gasteiger partial charge in [-0.3, -0.25) is 4.79 Å². The number of halogens is 1. The summed E-state index contributed by atoms with van der Waals surface area (Å²) in [6.07, 6.45) is 0.797. The lowest BCUT2D eigenvalue weighted by Gasteiger charge is -2.26. The summed E-state index contributed by atoms with van der Waals surface area (Å²) in [4.78, 5) is 12.3. The topological polar surface area (TPSA) is 75.3 Å². The lowest BCUT2D eigenvalue weighted by molar-refractivity contribution is -0.124. The Morgan fingerprint density at radius 2 is 2.00 bits per heavy atom. The monoisotopic (exact) mass is 388 g/mol. The first-order valence-corrected chi connectivity index (χ1v) is 9.50. The Balaban J connectivity index is 2.07. The Morgan fingerprint density at radius 1 is 1.36 bits per heavy atom. The summed E-state index contributed by atoms with van der Waals surface area (Å²) in [5.41, 5.74) is 0. The van der Waals surface area contributed by atoms with Crippen LogP contribution in [0.5, 0.6) is 0 Å². The van der Waals surface area contributed by atoms with Crippen LogP contribution < -0.4 is 10.6 Å². The van der Waals surface area contributed by atoms with Crippen LogP contribution in [0.3, 0.4) is 0 Å². The van der Waals surface area contributed by atoms with Gasteiger partial charge in [-0.2, -0.15) is 0 Å². The van der Waals surface area contributed by atoms with Gasteiger partial charge in [-0.05, 0) is 51.1 Å². The van der Waals surface area contributed by atoms with Gasteiger partial charge in [0.2, 0.25) is 5.91 Å². The van der Waals surface area contributed by atoms with E-state index in [1.54, 1.807) is 38.1 Å². The van der Waals surface area contributed by atoms with Crippen LogP contribution in [0.1, 0.15) is 20.3 Å². The number of amides is 1. The summed E-state index contributed by atoms with van der Waals surface area (Å²) >= 11 is 3.29. The molecule has 1 amide bonds. The largest absolute Gasteiger partial charge is 0.354 e. The zero-order valence-electron chi connectivity index (χ0n) is 12.7. The molecule has 1 aromatic rings. The molecule has 1 fully saturated rings. The van der Waals surface area contributed by atoms with Gasteiger partial charge in [-0.25, -0.2) is 8.42 Å². The molecule has 1 aliphatic heterocycles. The van der Waals surface area contributed by atoms with Crippen molar-refractivity contribution in [3.05, 3.63) is 28.7 Å². The summed E-state index contributed by atoms with van der Waals surface area (Å²) in [7, 11) is -3.53. The number of hydrogen-bond donors (Lipinski definition) is 2. The second-order valence-electron chi connectivity index (χ2n) is 6.12. The van der Waals surface area contributed by atoms with Crippen molar-refractivity contribution in [3.8, 4) is 0 Å². The van der Waals surface area contributed by atoms with E-state index in [1.807, 2.05) is 0 Å². The first-order valence-electron chi connectivity index (χ1n) is 7.23.